The van der Waals surface area contributed by atoms with Gasteiger partial charge in [-0.3, -0.25) is 9.48 Å². The lowest BCUT2D eigenvalue weighted by Gasteiger charge is -2.02. The molecule has 0 N–H and O–H groups in total. The first-order valence-corrected chi connectivity index (χ1v) is 5.46. The summed E-state index contributed by atoms with van der Waals surface area (Å²) in [6.07, 6.45) is 7.26. The zero-order valence-corrected chi connectivity index (χ0v) is 9.19. The molecule has 1 rings (SSSR count). The zero-order valence-electron chi connectivity index (χ0n) is 9.19. The van der Waals surface area contributed by atoms with Crippen molar-refractivity contribution in [2.24, 2.45) is 0 Å². The van der Waals surface area contributed by atoms with E-state index in [2.05, 4.69) is 5.10 Å². The third-order valence-electron chi connectivity index (χ3n) is 2.13. The fraction of sp³-hybridized carbons (Fsp3) is 0.636. The minimum absolute atomic E-state index is 0.0865. The van der Waals surface area contributed by atoms with Crippen LogP contribution in [0.1, 0.15) is 32.6 Å². The van der Waals surface area contributed by atoms with Gasteiger partial charge in [-0.05, 0) is 25.8 Å². The zero-order chi connectivity index (χ0) is 10.9. The van der Waals surface area contributed by atoms with E-state index < -0.39 is 0 Å². The molecule has 0 amide bonds. The molecule has 84 valence electrons. The first-order valence-electron chi connectivity index (χ1n) is 5.46. The SMILES string of the molecule is CCOC(=O)CCCCCn1cccn1. The molecule has 1 aromatic heterocycles. The van der Waals surface area contributed by atoms with Gasteiger partial charge in [-0.25, -0.2) is 0 Å². The van der Waals surface area contributed by atoms with Crippen molar-refractivity contribution in [3.63, 3.8) is 0 Å². The number of aromatic nitrogens is 2. The van der Waals surface area contributed by atoms with Crippen molar-refractivity contribution < 1.29 is 9.53 Å². The van der Waals surface area contributed by atoms with Crippen molar-refractivity contribution in [1.29, 1.82) is 0 Å². The number of rotatable bonds is 7. The molecule has 0 atom stereocenters. The summed E-state index contributed by atoms with van der Waals surface area (Å²) in [4.78, 5) is 11.0. The van der Waals surface area contributed by atoms with Crippen molar-refractivity contribution in [1.82, 2.24) is 9.78 Å². The number of hydrogen-bond acceptors (Lipinski definition) is 3. The molecule has 0 spiro atoms. The Morgan fingerprint density at radius 2 is 2.27 bits per heavy atom. The van der Waals surface area contributed by atoms with Crippen LogP contribution in [0.4, 0.5) is 0 Å². The number of carbonyl (C=O) groups is 1. The Balaban J connectivity index is 1.95. The van der Waals surface area contributed by atoms with Crippen LogP contribution in [0.5, 0.6) is 0 Å². The highest BCUT2D eigenvalue weighted by Crippen LogP contribution is 2.02. The predicted octanol–water partition coefficient (Wildman–Crippen LogP) is 2.01. The van der Waals surface area contributed by atoms with E-state index in [1.807, 2.05) is 23.9 Å². The summed E-state index contributed by atoms with van der Waals surface area (Å²) >= 11 is 0. The first kappa shape index (κ1) is 11.8. The second kappa shape index (κ2) is 7.04. The van der Waals surface area contributed by atoms with Gasteiger partial charge in [0.25, 0.3) is 0 Å². The van der Waals surface area contributed by atoms with Crippen LogP contribution in [-0.2, 0) is 16.1 Å². The Hall–Kier alpha value is -1.32. The van der Waals surface area contributed by atoms with Gasteiger partial charge in [0.15, 0.2) is 0 Å². The van der Waals surface area contributed by atoms with E-state index in [-0.39, 0.29) is 5.97 Å². The van der Waals surface area contributed by atoms with Crippen LogP contribution < -0.4 is 0 Å². The number of nitrogens with zero attached hydrogens (tertiary/aromatic N) is 2. The highest BCUT2D eigenvalue weighted by atomic mass is 16.5. The van der Waals surface area contributed by atoms with Gasteiger partial charge in [0, 0.05) is 25.4 Å². The maximum atomic E-state index is 11.0. The largest absolute Gasteiger partial charge is 0.466 e. The molecule has 0 radical (unpaired) electrons. The fourth-order valence-electron chi connectivity index (χ4n) is 1.39. The van der Waals surface area contributed by atoms with Crippen LogP contribution in [0, 0.1) is 0 Å². The van der Waals surface area contributed by atoms with Crippen LogP contribution in [0.15, 0.2) is 18.5 Å². The average molecular weight is 210 g/mol. The molecule has 15 heavy (non-hydrogen) atoms. The molecular formula is C11H18N2O2. The highest BCUT2D eigenvalue weighted by molar-refractivity contribution is 5.69. The van der Waals surface area contributed by atoms with Gasteiger partial charge in [0.05, 0.1) is 6.61 Å². The van der Waals surface area contributed by atoms with Crippen molar-refractivity contribution in [3.05, 3.63) is 18.5 Å². The smallest absolute Gasteiger partial charge is 0.305 e. The van der Waals surface area contributed by atoms with Gasteiger partial charge in [0.2, 0.25) is 0 Å². The molecule has 1 aromatic rings. The molecule has 0 bridgehead atoms. The summed E-state index contributed by atoms with van der Waals surface area (Å²) in [6, 6.07) is 1.92. The van der Waals surface area contributed by atoms with E-state index in [1.54, 1.807) is 6.20 Å². The molecule has 0 aliphatic carbocycles. The van der Waals surface area contributed by atoms with E-state index in [0.29, 0.717) is 13.0 Å². The Morgan fingerprint density at radius 3 is 2.93 bits per heavy atom. The third-order valence-corrected chi connectivity index (χ3v) is 2.13. The molecule has 0 aromatic carbocycles. The molecule has 0 saturated carbocycles. The van der Waals surface area contributed by atoms with Gasteiger partial charge in [0.1, 0.15) is 0 Å². The number of unbranched alkanes of at least 4 members (excludes halogenated alkanes) is 2. The summed E-state index contributed by atoms with van der Waals surface area (Å²) in [6.45, 7) is 3.23. The molecule has 0 fully saturated rings. The maximum absolute atomic E-state index is 11.0. The quantitative estimate of drug-likeness (QED) is 0.510. The standard InChI is InChI=1S/C11H18N2O2/c1-2-15-11(14)7-4-3-5-9-13-10-6-8-12-13/h6,8,10H,2-5,7,9H2,1H3. The fourth-order valence-corrected chi connectivity index (χ4v) is 1.39. The summed E-state index contributed by atoms with van der Waals surface area (Å²) in [5.41, 5.74) is 0. The first-order chi connectivity index (χ1) is 7.33. The molecule has 4 nitrogen and oxygen atoms in total. The molecule has 0 aliphatic rings. The van der Waals surface area contributed by atoms with Gasteiger partial charge in [-0.15, -0.1) is 0 Å². The van der Waals surface area contributed by atoms with E-state index in [4.69, 9.17) is 4.74 Å². The minimum atomic E-state index is -0.0865. The van der Waals surface area contributed by atoms with E-state index in [9.17, 15) is 4.79 Å². The molecule has 1 heterocycles. The molecule has 0 aliphatic heterocycles. The number of aryl methyl sites for hydroxylation is 1. The molecule has 0 saturated heterocycles. The van der Waals surface area contributed by atoms with Crippen molar-refractivity contribution >= 4 is 5.97 Å². The number of esters is 1. The van der Waals surface area contributed by atoms with Crippen LogP contribution in [-0.4, -0.2) is 22.4 Å². The Kier molecular flexibility index (Phi) is 5.51. The lowest BCUT2D eigenvalue weighted by molar-refractivity contribution is -0.143. The summed E-state index contributed by atoms with van der Waals surface area (Å²) < 4.78 is 6.74. The summed E-state index contributed by atoms with van der Waals surface area (Å²) in [5, 5.41) is 4.10. The third kappa shape index (κ3) is 5.20. The van der Waals surface area contributed by atoms with E-state index >= 15 is 0 Å². The van der Waals surface area contributed by atoms with Crippen LogP contribution in [0.2, 0.25) is 0 Å². The number of ether oxygens (including phenoxy) is 1. The highest BCUT2D eigenvalue weighted by Gasteiger charge is 2.00. The average Bonchev–Trinajstić information content (AvgIpc) is 2.70. The van der Waals surface area contributed by atoms with Gasteiger partial charge in [-0.2, -0.15) is 5.10 Å². The predicted molar refractivity (Wildman–Crippen MR) is 57.3 cm³/mol. The lowest BCUT2D eigenvalue weighted by Crippen LogP contribution is -2.04. The van der Waals surface area contributed by atoms with E-state index in [1.165, 1.54) is 0 Å². The minimum Gasteiger partial charge on any atom is -0.466 e. The van der Waals surface area contributed by atoms with Crippen LogP contribution >= 0.6 is 0 Å². The van der Waals surface area contributed by atoms with Crippen LogP contribution in [0.3, 0.4) is 0 Å². The van der Waals surface area contributed by atoms with Gasteiger partial charge < -0.3 is 4.74 Å². The van der Waals surface area contributed by atoms with Crippen molar-refractivity contribution in [2.45, 2.75) is 39.2 Å². The second-order valence-electron chi connectivity index (χ2n) is 3.38. The Labute approximate surface area is 90.2 Å². The Morgan fingerprint density at radius 1 is 1.40 bits per heavy atom. The molecule has 4 heteroatoms. The lowest BCUT2D eigenvalue weighted by atomic mass is 10.2. The van der Waals surface area contributed by atoms with Crippen molar-refractivity contribution in [2.75, 3.05) is 6.61 Å². The summed E-state index contributed by atoms with van der Waals surface area (Å²) in [5.74, 6) is -0.0865. The normalized spacial score (nSPS) is 10.2. The van der Waals surface area contributed by atoms with Gasteiger partial charge >= 0.3 is 5.97 Å². The topological polar surface area (TPSA) is 44.1 Å². The van der Waals surface area contributed by atoms with E-state index in [0.717, 1.165) is 25.8 Å². The van der Waals surface area contributed by atoms with Crippen LogP contribution in [0.25, 0.3) is 0 Å². The molecular weight excluding hydrogens is 192 g/mol. The Bertz CT molecular complexity index is 270. The molecule has 0 unspecified atom stereocenters. The second-order valence-corrected chi connectivity index (χ2v) is 3.38. The number of carbonyl (C=O) groups excluding carboxylic acids is 1. The number of hydrogen-bond donors (Lipinski definition) is 0. The maximum Gasteiger partial charge on any atom is 0.305 e. The van der Waals surface area contributed by atoms with Gasteiger partial charge in [-0.1, -0.05) is 6.42 Å². The van der Waals surface area contributed by atoms with Crippen molar-refractivity contribution in [3.8, 4) is 0 Å². The summed E-state index contributed by atoms with van der Waals surface area (Å²) in [7, 11) is 0. The monoisotopic (exact) mass is 210 g/mol.